The number of anilines is 1. The van der Waals surface area contributed by atoms with E-state index in [1.54, 1.807) is 11.4 Å². The van der Waals surface area contributed by atoms with Crippen molar-refractivity contribution in [3.05, 3.63) is 17.0 Å². The lowest BCUT2D eigenvalue weighted by atomic mass is 9.87. The Morgan fingerprint density at radius 3 is 2.61 bits per heavy atom. The predicted octanol–water partition coefficient (Wildman–Crippen LogP) is 2.34. The molecule has 0 aromatic carbocycles. The molecule has 8 heteroatoms. The van der Waals surface area contributed by atoms with E-state index in [0.29, 0.717) is 23.5 Å². The summed E-state index contributed by atoms with van der Waals surface area (Å²) in [6.07, 6.45) is 0.694. The highest BCUT2D eigenvalue weighted by Crippen LogP contribution is 2.30. The fraction of sp³-hybridized carbons (Fsp3) is 0.600. The summed E-state index contributed by atoms with van der Waals surface area (Å²) in [5, 5.41) is 5.02. The van der Waals surface area contributed by atoms with Crippen LogP contribution in [0.2, 0.25) is 0 Å². The first-order valence-corrected chi connectivity index (χ1v) is 10.00. The normalized spacial score (nSPS) is 18.0. The van der Waals surface area contributed by atoms with Gasteiger partial charge in [-0.2, -0.15) is 0 Å². The van der Waals surface area contributed by atoms with Crippen molar-refractivity contribution < 1.29 is 18.0 Å². The Kier molecular flexibility index (Phi) is 5.27. The summed E-state index contributed by atoms with van der Waals surface area (Å²) in [5.74, 6) is -0.155. The minimum atomic E-state index is -3.18. The van der Waals surface area contributed by atoms with Gasteiger partial charge in [0.05, 0.1) is 11.3 Å². The molecule has 0 aliphatic carbocycles. The van der Waals surface area contributed by atoms with Gasteiger partial charge in [0.25, 0.3) is 0 Å². The zero-order chi connectivity index (χ0) is 17.3. The third kappa shape index (κ3) is 4.39. The summed E-state index contributed by atoms with van der Waals surface area (Å²) in [4.78, 5) is 24.4. The van der Waals surface area contributed by atoms with Gasteiger partial charge in [-0.25, -0.2) is 12.7 Å². The average Bonchev–Trinajstić information content (AvgIpc) is 3.00. The smallest absolute Gasteiger partial charge is 0.226 e. The predicted molar refractivity (Wildman–Crippen MR) is 91.3 cm³/mol. The van der Waals surface area contributed by atoms with Crippen molar-refractivity contribution in [1.82, 2.24) is 4.31 Å². The third-order valence-corrected chi connectivity index (χ3v) is 6.42. The lowest BCUT2D eigenvalue weighted by Crippen LogP contribution is -2.29. The topological polar surface area (TPSA) is 83.6 Å². The molecular formula is C15H22N2O4S2. The maximum absolute atomic E-state index is 12.3. The molecule has 0 atom stereocenters. The summed E-state index contributed by atoms with van der Waals surface area (Å²) in [6.45, 7) is 6.15. The largest absolute Gasteiger partial charge is 0.317 e. The van der Waals surface area contributed by atoms with Crippen molar-refractivity contribution in [2.24, 2.45) is 5.41 Å². The monoisotopic (exact) mass is 358 g/mol. The summed E-state index contributed by atoms with van der Waals surface area (Å²) in [5.41, 5.74) is -0.0193. The van der Waals surface area contributed by atoms with E-state index in [0.717, 1.165) is 0 Å². The summed E-state index contributed by atoms with van der Waals surface area (Å²) in [7, 11) is -3.18. The number of ketones is 1. The van der Waals surface area contributed by atoms with Crippen molar-refractivity contribution in [3.8, 4) is 0 Å². The van der Waals surface area contributed by atoms with Crippen LogP contribution < -0.4 is 5.32 Å². The number of thiophene rings is 1. The quantitative estimate of drug-likeness (QED) is 0.819. The van der Waals surface area contributed by atoms with Crippen LogP contribution in [-0.4, -0.2) is 43.3 Å². The third-order valence-electron chi connectivity index (χ3n) is 3.64. The molecule has 1 aromatic heterocycles. The second-order valence-electron chi connectivity index (χ2n) is 6.61. The Hall–Kier alpha value is -1.25. The van der Waals surface area contributed by atoms with E-state index in [1.165, 1.54) is 15.6 Å². The van der Waals surface area contributed by atoms with Crippen LogP contribution in [0.4, 0.5) is 5.00 Å². The van der Waals surface area contributed by atoms with Crippen molar-refractivity contribution in [2.75, 3.05) is 24.2 Å². The number of sulfonamides is 1. The standard InChI is InChI=1S/C15H22N2O4S2/c1-15(2,3)13(19)11-6-9-22-14(11)16-12(18)5-8-17-7-4-10-23(17,20)21/h6,9H,4-5,7-8,10H2,1-3H3,(H,16,18). The number of nitrogens with one attached hydrogen (secondary N) is 1. The maximum atomic E-state index is 12.3. The van der Waals surface area contributed by atoms with Crippen LogP contribution in [-0.2, 0) is 14.8 Å². The van der Waals surface area contributed by atoms with Gasteiger partial charge in [-0.3, -0.25) is 9.59 Å². The van der Waals surface area contributed by atoms with E-state index in [4.69, 9.17) is 0 Å². The van der Waals surface area contributed by atoms with Crippen LogP contribution in [0.5, 0.6) is 0 Å². The first-order chi connectivity index (χ1) is 10.6. The molecule has 6 nitrogen and oxygen atoms in total. The van der Waals surface area contributed by atoms with E-state index in [2.05, 4.69) is 5.32 Å². The van der Waals surface area contributed by atoms with Crippen LogP contribution in [0, 0.1) is 5.41 Å². The number of amides is 1. The lowest BCUT2D eigenvalue weighted by Gasteiger charge is -2.17. The van der Waals surface area contributed by atoms with Crippen molar-refractivity contribution >= 4 is 38.1 Å². The Morgan fingerprint density at radius 1 is 1.35 bits per heavy atom. The van der Waals surface area contributed by atoms with Gasteiger partial charge in [0.2, 0.25) is 15.9 Å². The molecular weight excluding hydrogens is 336 g/mol. The van der Waals surface area contributed by atoms with Crippen LogP contribution in [0.25, 0.3) is 0 Å². The number of hydrogen-bond donors (Lipinski definition) is 1. The van der Waals surface area contributed by atoms with Gasteiger partial charge in [0.15, 0.2) is 5.78 Å². The molecule has 128 valence electrons. The van der Waals surface area contributed by atoms with Crippen molar-refractivity contribution in [3.63, 3.8) is 0 Å². The van der Waals surface area contributed by atoms with Crippen LogP contribution in [0.1, 0.15) is 44.0 Å². The summed E-state index contributed by atoms with van der Waals surface area (Å²) >= 11 is 1.30. The van der Waals surface area contributed by atoms with Gasteiger partial charge in [0.1, 0.15) is 5.00 Å². The minimum absolute atomic E-state index is 0.0313. The van der Waals surface area contributed by atoms with Gasteiger partial charge in [0, 0.05) is 24.9 Å². The van der Waals surface area contributed by atoms with E-state index in [1.807, 2.05) is 20.8 Å². The molecule has 0 radical (unpaired) electrons. The minimum Gasteiger partial charge on any atom is -0.317 e. The van der Waals surface area contributed by atoms with E-state index in [-0.39, 0.29) is 30.4 Å². The molecule has 1 aliphatic rings. The fourth-order valence-corrected chi connectivity index (χ4v) is 4.68. The molecule has 0 bridgehead atoms. The van der Waals surface area contributed by atoms with Gasteiger partial charge >= 0.3 is 0 Å². The average molecular weight is 358 g/mol. The molecule has 2 heterocycles. The van der Waals surface area contributed by atoms with Crippen molar-refractivity contribution in [1.29, 1.82) is 0 Å². The SMILES string of the molecule is CC(C)(C)C(=O)c1ccsc1NC(=O)CCN1CCCS1(=O)=O. The molecule has 1 saturated heterocycles. The van der Waals surface area contributed by atoms with Gasteiger partial charge in [-0.05, 0) is 17.9 Å². The highest BCUT2D eigenvalue weighted by atomic mass is 32.2. The number of rotatable bonds is 5. The Balaban J connectivity index is 1.97. The van der Waals surface area contributed by atoms with Crippen LogP contribution in [0.15, 0.2) is 11.4 Å². The molecule has 1 aliphatic heterocycles. The highest BCUT2D eigenvalue weighted by Gasteiger charge is 2.29. The molecule has 1 N–H and O–H groups in total. The van der Waals surface area contributed by atoms with Gasteiger partial charge < -0.3 is 5.32 Å². The maximum Gasteiger partial charge on any atom is 0.226 e. The van der Waals surface area contributed by atoms with Crippen LogP contribution in [0.3, 0.4) is 0 Å². The molecule has 2 rings (SSSR count). The summed E-state index contributed by atoms with van der Waals surface area (Å²) in [6, 6.07) is 1.71. The lowest BCUT2D eigenvalue weighted by molar-refractivity contribution is -0.116. The second kappa shape index (κ2) is 6.70. The fourth-order valence-electron chi connectivity index (χ4n) is 2.35. The Bertz CT molecular complexity index is 701. The molecule has 0 saturated carbocycles. The molecule has 0 unspecified atom stereocenters. The van der Waals surface area contributed by atoms with E-state index < -0.39 is 15.4 Å². The molecule has 23 heavy (non-hydrogen) atoms. The molecule has 1 amide bonds. The Morgan fingerprint density at radius 2 is 2.04 bits per heavy atom. The number of carbonyl (C=O) groups is 2. The van der Waals surface area contributed by atoms with Gasteiger partial charge in [-0.15, -0.1) is 11.3 Å². The zero-order valence-corrected chi connectivity index (χ0v) is 15.2. The second-order valence-corrected chi connectivity index (χ2v) is 9.61. The number of carbonyl (C=O) groups excluding carboxylic acids is 2. The number of Topliss-reactive ketones (excluding diaryl/α,β-unsaturated/α-hetero) is 1. The first kappa shape index (κ1) is 18.1. The number of hydrogen-bond acceptors (Lipinski definition) is 5. The summed E-state index contributed by atoms with van der Waals surface area (Å²) < 4.78 is 24.7. The zero-order valence-electron chi connectivity index (χ0n) is 13.6. The van der Waals surface area contributed by atoms with E-state index in [9.17, 15) is 18.0 Å². The molecule has 1 aromatic rings. The molecule has 1 fully saturated rings. The van der Waals surface area contributed by atoms with Crippen molar-refractivity contribution in [2.45, 2.75) is 33.6 Å². The highest BCUT2D eigenvalue weighted by molar-refractivity contribution is 7.89. The molecule has 0 spiro atoms. The first-order valence-electron chi connectivity index (χ1n) is 7.51. The van der Waals surface area contributed by atoms with E-state index >= 15 is 0 Å². The number of nitrogens with zero attached hydrogens (tertiary/aromatic N) is 1. The van der Waals surface area contributed by atoms with Gasteiger partial charge in [-0.1, -0.05) is 20.8 Å². The Labute approximate surface area is 140 Å². The van der Waals surface area contributed by atoms with Crippen LogP contribution >= 0.6 is 11.3 Å².